The molecule has 0 bridgehead atoms. The van der Waals surface area contributed by atoms with Crippen LogP contribution in [0.5, 0.6) is 0 Å². The Bertz CT molecular complexity index is 605. The van der Waals surface area contributed by atoms with Gasteiger partial charge in [-0.15, -0.1) is 11.3 Å². The van der Waals surface area contributed by atoms with Gasteiger partial charge >= 0.3 is 0 Å². The number of carbonyl (C=O) groups is 1. The zero-order chi connectivity index (χ0) is 15.9. The summed E-state index contributed by atoms with van der Waals surface area (Å²) in [7, 11) is 0. The molecule has 2 aromatic heterocycles. The van der Waals surface area contributed by atoms with E-state index in [1.54, 1.807) is 22.3 Å². The molecule has 1 aliphatic rings. The summed E-state index contributed by atoms with van der Waals surface area (Å²) < 4.78 is 1.76. The maximum atomic E-state index is 12.0. The van der Waals surface area contributed by atoms with E-state index in [0.717, 1.165) is 44.6 Å². The number of nitrogens with zero attached hydrogens (tertiary/aromatic N) is 4. The van der Waals surface area contributed by atoms with Crippen LogP contribution in [-0.4, -0.2) is 45.3 Å². The van der Waals surface area contributed by atoms with Gasteiger partial charge in [0.1, 0.15) is 12.7 Å². The number of aromatic nitrogens is 4. The van der Waals surface area contributed by atoms with Crippen molar-refractivity contribution in [3.05, 3.63) is 28.7 Å². The van der Waals surface area contributed by atoms with Crippen molar-refractivity contribution in [2.45, 2.75) is 38.1 Å². The van der Waals surface area contributed by atoms with Crippen LogP contribution >= 0.6 is 11.3 Å². The summed E-state index contributed by atoms with van der Waals surface area (Å²) in [5.41, 5.74) is 0.886. The van der Waals surface area contributed by atoms with Crippen LogP contribution in [0.15, 0.2) is 18.0 Å². The molecule has 2 aromatic rings. The molecular formula is C15H22N6OS. The molecule has 0 aliphatic carbocycles. The fraction of sp³-hybridized carbons (Fsp3) is 0.600. The molecule has 23 heavy (non-hydrogen) atoms. The summed E-state index contributed by atoms with van der Waals surface area (Å²) in [4.78, 5) is 20.5. The van der Waals surface area contributed by atoms with E-state index in [-0.39, 0.29) is 5.91 Å². The molecule has 0 radical (unpaired) electrons. The molecule has 1 fully saturated rings. The highest BCUT2D eigenvalue weighted by molar-refractivity contribution is 7.09. The largest absolute Gasteiger partial charge is 0.356 e. The third-order valence-electron chi connectivity index (χ3n) is 3.95. The fourth-order valence-electron chi connectivity index (χ4n) is 2.70. The van der Waals surface area contributed by atoms with Gasteiger partial charge in [-0.3, -0.25) is 9.48 Å². The number of amides is 1. The quantitative estimate of drug-likeness (QED) is 0.737. The number of hydrogen-bond donors (Lipinski definition) is 2. The number of thiazole rings is 1. The maximum absolute atomic E-state index is 12.0. The predicted octanol–water partition coefficient (Wildman–Crippen LogP) is 0.951. The van der Waals surface area contributed by atoms with Gasteiger partial charge in [-0.25, -0.2) is 9.97 Å². The summed E-state index contributed by atoms with van der Waals surface area (Å²) in [6, 6.07) is 0. The van der Waals surface area contributed by atoms with Gasteiger partial charge in [0.25, 0.3) is 0 Å². The standard InChI is InChI=1S/C15H22N6OS/c22-14(18-4-1-7-21-11-17-10-19-21)8-13-9-23-15(20-13)12-2-5-16-6-3-12/h9-12,16H,1-8H2,(H,18,22). The molecule has 0 unspecified atom stereocenters. The molecule has 1 amide bonds. The first-order chi connectivity index (χ1) is 11.3. The average Bonchev–Trinajstić information content (AvgIpc) is 3.24. The molecule has 2 N–H and O–H groups in total. The lowest BCUT2D eigenvalue weighted by atomic mass is 9.99. The first-order valence-electron chi connectivity index (χ1n) is 8.05. The third-order valence-corrected chi connectivity index (χ3v) is 5.01. The van der Waals surface area contributed by atoms with Gasteiger partial charge in [-0.2, -0.15) is 5.10 Å². The van der Waals surface area contributed by atoms with Crippen molar-refractivity contribution in [3.63, 3.8) is 0 Å². The monoisotopic (exact) mass is 334 g/mol. The Kier molecular flexibility index (Phi) is 5.71. The number of piperidine rings is 1. The first-order valence-corrected chi connectivity index (χ1v) is 8.93. The molecule has 1 saturated heterocycles. The summed E-state index contributed by atoms with van der Waals surface area (Å²) >= 11 is 1.69. The molecule has 7 nitrogen and oxygen atoms in total. The summed E-state index contributed by atoms with van der Waals surface area (Å²) in [5, 5.41) is 13.5. The first kappa shape index (κ1) is 16.1. The second kappa shape index (κ2) is 8.16. The zero-order valence-electron chi connectivity index (χ0n) is 13.1. The second-order valence-electron chi connectivity index (χ2n) is 5.74. The highest BCUT2D eigenvalue weighted by Crippen LogP contribution is 2.27. The van der Waals surface area contributed by atoms with E-state index in [9.17, 15) is 4.79 Å². The van der Waals surface area contributed by atoms with Crippen molar-refractivity contribution in [1.82, 2.24) is 30.4 Å². The minimum Gasteiger partial charge on any atom is -0.356 e. The van der Waals surface area contributed by atoms with E-state index in [4.69, 9.17) is 0 Å². The van der Waals surface area contributed by atoms with E-state index in [2.05, 4.69) is 25.7 Å². The minimum atomic E-state index is 0.0331. The maximum Gasteiger partial charge on any atom is 0.226 e. The molecule has 0 aromatic carbocycles. The number of nitrogens with one attached hydrogen (secondary N) is 2. The Labute approximate surface area is 139 Å². The molecule has 0 atom stereocenters. The molecule has 124 valence electrons. The molecule has 0 spiro atoms. The van der Waals surface area contributed by atoms with Gasteiger partial charge in [-0.1, -0.05) is 0 Å². The van der Waals surface area contributed by atoms with Crippen LogP contribution in [0.2, 0.25) is 0 Å². The topological polar surface area (TPSA) is 84.7 Å². The highest BCUT2D eigenvalue weighted by Gasteiger charge is 2.18. The van der Waals surface area contributed by atoms with Crippen molar-refractivity contribution < 1.29 is 4.79 Å². The Balaban J connectivity index is 1.38. The number of aryl methyl sites for hydroxylation is 1. The lowest BCUT2D eigenvalue weighted by Gasteiger charge is -2.20. The normalized spacial score (nSPS) is 15.7. The Morgan fingerprint density at radius 2 is 2.30 bits per heavy atom. The lowest BCUT2D eigenvalue weighted by molar-refractivity contribution is -0.120. The van der Waals surface area contributed by atoms with Crippen LogP contribution in [0.3, 0.4) is 0 Å². The van der Waals surface area contributed by atoms with Crippen LogP contribution in [0.1, 0.15) is 35.9 Å². The minimum absolute atomic E-state index is 0.0331. The van der Waals surface area contributed by atoms with Crippen molar-refractivity contribution in [1.29, 1.82) is 0 Å². The van der Waals surface area contributed by atoms with Crippen molar-refractivity contribution >= 4 is 17.2 Å². The molecular weight excluding hydrogens is 312 g/mol. The summed E-state index contributed by atoms with van der Waals surface area (Å²) in [5.74, 6) is 0.589. The highest BCUT2D eigenvalue weighted by atomic mass is 32.1. The van der Waals surface area contributed by atoms with Gasteiger partial charge < -0.3 is 10.6 Å². The van der Waals surface area contributed by atoms with E-state index in [1.165, 1.54) is 11.3 Å². The van der Waals surface area contributed by atoms with Gasteiger partial charge in [0.2, 0.25) is 5.91 Å². The fourth-order valence-corrected chi connectivity index (χ4v) is 3.70. The number of rotatable bonds is 7. The lowest BCUT2D eigenvalue weighted by Crippen LogP contribution is -2.27. The summed E-state index contributed by atoms with van der Waals surface area (Å²) in [6.45, 7) is 3.53. The Morgan fingerprint density at radius 1 is 1.43 bits per heavy atom. The predicted molar refractivity (Wildman–Crippen MR) is 88.3 cm³/mol. The Morgan fingerprint density at radius 3 is 3.09 bits per heavy atom. The zero-order valence-corrected chi connectivity index (χ0v) is 13.9. The van der Waals surface area contributed by atoms with E-state index in [1.807, 2.05) is 5.38 Å². The van der Waals surface area contributed by atoms with Crippen molar-refractivity contribution in [2.24, 2.45) is 0 Å². The van der Waals surface area contributed by atoms with Gasteiger partial charge in [0, 0.05) is 24.4 Å². The van der Waals surface area contributed by atoms with Crippen LogP contribution in [-0.2, 0) is 17.8 Å². The third kappa shape index (κ3) is 4.84. The van der Waals surface area contributed by atoms with Crippen molar-refractivity contribution in [3.8, 4) is 0 Å². The molecule has 1 aliphatic heterocycles. The molecule has 0 saturated carbocycles. The van der Waals surface area contributed by atoms with Gasteiger partial charge in [0.05, 0.1) is 17.1 Å². The van der Waals surface area contributed by atoms with Crippen LogP contribution in [0, 0.1) is 0 Å². The molecule has 3 heterocycles. The van der Waals surface area contributed by atoms with E-state index in [0.29, 0.717) is 18.9 Å². The van der Waals surface area contributed by atoms with Gasteiger partial charge in [-0.05, 0) is 32.4 Å². The molecule has 3 rings (SSSR count). The summed E-state index contributed by atoms with van der Waals surface area (Å²) in [6.07, 6.45) is 6.68. The van der Waals surface area contributed by atoms with Crippen LogP contribution in [0.25, 0.3) is 0 Å². The van der Waals surface area contributed by atoms with Crippen molar-refractivity contribution in [2.75, 3.05) is 19.6 Å². The SMILES string of the molecule is O=C(Cc1csc(C2CCNCC2)n1)NCCCn1cncn1. The second-order valence-corrected chi connectivity index (χ2v) is 6.63. The Hall–Kier alpha value is -1.80. The smallest absolute Gasteiger partial charge is 0.226 e. The number of carbonyl (C=O) groups excluding carboxylic acids is 1. The van der Waals surface area contributed by atoms with Crippen LogP contribution < -0.4 is 10.6 Å². The van der Waals surface area contributed by atoms with E-state index < -0.39 is 0 Å². The van der Waals surface area contributed by atoms with Crippen LogP contribution in [0.4, 0.5) is 0 Å². The average molecular weight is 334 g/mol. The van der Waals surface area contributed by atoms with Gasteiger partial charge in [0.15, 0.2) is 0 Å². The molecule has 8 heteroatoms. The van der Waals surface area contributed by atoms with E-state index >= 15 is 0 Å². The number of hydrogen-bond acceptors (Lipinski definition) is 6.